The molecule has 0 rings (SSSR count). The maximum atomic E-state index is 10.3. The molecule has 3 heteroatoms. The van der Waals surface area contributed by atoms with Crippen molar-refractivity contribution in [2.45, 2.75) is 19.1 Å². The zero-order chi connectivity index (χ0) is 7.28. The highest BCUT2D eigenvalue weighted by Gasteiger charge is 2.10. The van der Waals surface area contributed by atoms with E-state index >= 15 is 0 Å². The van der Waals surface area contributed by atoms with Gasteiger partial charge in [-0.05, 0) is 12.2 Å². The van der Waals surface area contributed by atoms with Crippen LogP contribution in [0.25, 0.3) is 0 Å². The lowest BCUT2D eigenvalue weighted by Crippen LogP contribution is -2.10. The fourth-order valence-corrected chi connectivity index (χ4v) is 2.36. The lowest BCUT2D eigenvalue weighted by atomic mass is 10.1. The number of carbonyl (C=O) groups excluding carboxylic acids is 1. The van der Waals surface area contributed by atoms with Crippen molar-refractivity contribution in [3.8, 4) is 0 Å². The molecule has 0 aromatic rings. The minimum Gasteiger partial charge on any atom is -0.302 e. The smallest absolute Gasteiger partial charge is 0.134 e. The zero-order valence-corrected chi connectivity index (χ0v) is 7.59. The van der Waals surface area contributed by atoms with Crippen LogP contribution in [0.1, 0.15) is 13.8 Å². The summed E-state index contributed by atoms with van der Waals surface area (Å²) in [6, 6.07) is 0. The molecular formula is C6H12OS2. The minimum absolute atomic E-state index is 0.167. The zero-order valence-electron chi connectivity index (χ0n) is 5.96. The third-order valence-electron chi connectivity index (χ3n) is 0.999. The molecule has 54 valence electrons. The highest BCUT2D eigenvalue weighted by atomic mass is 33.1. The molecule has 9 heavy (non-hydrogen) atoms. The Kier molecular flexibility index (Phi) is 5.39. The lowest BCUT2D eigenvalue weighted by molar-refractivity contribution is -0.107. The van der Waals surface area contributed by atoms with E-state index in [4.69, 9.17) is 0 Å². The van der Waals surface area contributed by atoms with Gasteiger partial charge in [-0.15, -0.1) is 0 Å². The molecule has 0 bridgehead atoms. The summed E-state index contributed by atoms with van der Waals surface area (Å²) in [5.74, 6) is 0.458. The van der Waals surface area contributed by atoms with Gasteiger partial charge < -0.3 is 4.79 Å². The average molecular weight is 164 g/mol. The van der Waals surface area contributed by atoms with Gasteiger partial charge in [-0.2, -0.15) is 0 Å². The van der Waals surface area contributed by atoms with Crippen LogP contribution in [-0.4, -0.2) is 17.8 Å². The third-order valence-corrected chi connectivity index (χ3v) is 3.31. The number of hydrogen-bond donors (Lipinski definition) is 0. The molecule has 0 amide bonds. The third kappa shape index (κ3) is 3.87. The summed E-state index contributed by atoms with van der Waals surface area (Å²) in [5.41, 5.74) is 0. The second kappa shape index (κ2) is 5.18. The Balaban J connectivity index is 3.54. The molecule has 0 spiro atoms. The lowest BCUT2D eigenvalue weighted by Gasteiger charge is -2.10. The van der Waals surface area contributed by atoms with Gasteiger partial charge in [-0.1, -0.05) is 35.4 Å². The fourth-order valence-electron chi connectivity index (χ4n) is 0.402. The van der Waals surface area contributed by atoms with Gasteiger partial charge >= 0.3 is 0 Å². The molecule has 0 aliphatic heterocycles. The molecule has 0 saturated carbocycles. The highest BCUT2D eigenvalue weighted by Crippen LogP contribution is 2.26. The predicted molar refractivity (Wildman–Crippen MR) is 45.8 cm³/mol. The number of carbonyl (C=O) groups is 1. The van der Waals surface area contributed by atoms with Crippen molar-refractivity contribution < 1.29 is 4.79 Å². The van der Waals surface area contributed by atoms with Crippen molar-refractivity contribution in [3.63, 3.8) is 0 Å². The summed E-state index contributed by atoms with van der Waals surface area (Å²) in [5, 5.41) is 0.167. The Bertz CT molecular complexity index is 83.1. The van der Waals surface area contributed by atoms with Gasteiger partial charge in [0.2, 0.25) is 0 Å². The first-order valence-corrected chi connectivity index (χ1v) is 5.49. The highest BCUT2D eigenvalue weighted by molar-refractivity contribution is 8.76. The minimum atomic E-state index is 0.167. The van der Waals surface area contributed by atoms with Crippen LogP contribution < -0.4 is 0 Å². The maximum absolute atomic E-state index is 10.3. The van der Waals surface area contributed by atoms with Crippen LogP contribution in [0.4, 0.5) is 0 Å². The topological polar surface area (TPSA) is 17.1 Å². The molecule has 0 aromatic carbocycles. The second-order valence-corrected chi connectivity index (χ2v) is 4.76. The summed E-state index contributed by atoms with van der Waals surface area (Å²) >= 11 is 0. The Labute approximate surface area is 64.4 Å². The van der Waals surface area contributed by atoms with Crippen molar-refractivity contribution in [3.05, 3.63) is 0 Å². The van der Waals surface area contributed by atoms with Crippen LogP contribution in [0.3, 0.4) is 0 Å². The van der Waals surface area contributed by atoms with Gasteiger partial charge in [0.15, 0.2) is 0 Å². The molecule has 1 unspecified atom stereocenters. The van der Waals surface area contributed by atoms with E-state index in [1.54, 1.807) is 21.6 Å². The predicted octanol–water partition coefficient (Wildman–Crippen LogP) is 2.22. The quantitative estimate of drug-likeness (QED) is 0.468. The van der Waals surface area contributed by atoms with Crippen molar-refractivity contribution in [2.24, 2.45) is 5.92 Å². The van der Waals surface area contributed by atoms with E-state index in [1.165, 1.54) is 0 Å². The van der Waals surface area contributed by atoms with Gasteiger partial charge in [-0.25, -0.2) is 0 Å². The summed E-state index contributed by atoms with van der Waals surface area (Å²) in [6.07, 6.45) is 3.01. The van der Waals surface area contributed by atoms with E-state index in [0.717, 1.165) is 6.29 Å². The number of rotatable bonds is 4. The average Bonchev–Trinajstić information content (AvgIpc) is 1.82. The maximum Gasteiger partial charge on any atom is 0.134 e. The molecule has 0 aliphatic carbocycles. The SMILES string of the molecule is CSSC(C=O)C(C)C. The van der Waals surface area contributed by atoms with E-state index in [0.29, 0.717) is 5.92 Å². The summed E-state index contributed by atoms with van der Waals surface area (Å²) in [7, 11) is 3.28. The first-order chi connectivity index (χ1) is 4.22. The van der Waals surface area contributed by atoms with Crippen LogP contribution in [0, 0.1) is 5.92 Å². The van der Waals surface area contributed by atoms with E-state index < -0.39 is 0 Å². The number of aldehydes is 1. The van der Waals surface area contributed by atoms with Gasteiger partial charge in [-0.3, -0.25) is 0 Å². The van der Waals surface area contributed by atoms with Crippen molar-refractivity contribution in [1.29, 1.82) is 0 Å². The Morgan fingerprint density at radius 3 is 2.11 bits per heavy atom. The second-order valence-electron chi connectivity index (χ2n) is 2.11. The molecule has 0 fully saturated rings. The summed E-state index contributed by atoms with van der Waals surface area (Å²) in [6.45, 7) is 4.12. The van der Waals surface area contributed by atoms with Gasteiger partial charge in [0.05, 0.1) is 5.25 Å². The van der Waals surface area contributed by atoms with E-state index in [2.05, 4.69) is 13.8 Å². The first kappa shape index (κ1) is 9.37. The van der Waals surface area contributed by atoms with Crippen LogP contribution >= 0.6 is 21.6 Å². The van der Waals surface area contributed by atoms with Crippen LogP contribution in [0.5, 0.6) is 0 Å². The standard InChI is InChI=1S/C6H12OS2/c1-5(2)6(4-7)9-8-3/h4-6H,1-3H3. The molecule has 0 saturated heterocycles. The monoisotopic (exact) mass is 164 g/mol. The Hall–Kier alpha value is 0.370. The Morgan fingerprint density at radius 1 is 1.44 bits per heavy atom. The largest absolute Gasteiger partial charge is 0.302 e. The summed E-state index contributed by atoms with van der Waals surface area (Å²) in [4.78, 5) is 10.3. The Morgan fingerprint density at radius 2 is 2.00 bits per heavy atom. The normalized spacial score (nSPS) is 13.8. The molecule has 0 aliphatic rings. The van der Waals surface area contributed by atoms with Crippen LogP contribution in [-0.2, 0) is 4.79 Å². The van der Waals surface area contributed by atoms with E-state index in [1.807, 2.05) is 6.26 Å². The van der Waals surface area contributed by atoms with Gasteiger partial charge in [0.1, 0.15) is 6.29 Å². The van der Waals surface area contributed by atoms with Crippen LogP contribution in [0.2, 0.25) is 0 Å². The first-order valence-electron chi connectivity index (χ1n) is 2.87. The van der Waals surface area contributed by atoms with Crippen LogP contribution in [0.15, 0.2) is 0 Å². The molecule has 1 nitrogen and oxygen atoms in total. The molecule has 0 radical (unpaired) electrons. The van der Waals surface area contributed by atoms with E-state index in [9.17, 15) is 4.79 Å². The molecule has 0 heterocycles. The molecule has 0 aromatic heterocycles. The number of hydrogen-bond acceptors (Lipinski definition) is 3. The van der Waals surface area contributed by atoms with Crippen molar-refractivity contribution in [1.82, 2.24) is 0 Å². The van der Waals surface area contributed by atoms with E-state index in [-0.39, 0.29) is 5.25 Å². The fraction of sp³-hybridized carbons (Fsp3) is 0.833. The van der Waals surface area contributed by atoms with Crippen molar-refractivity contribution in [2.75, 3.05) is 6.26 Å². The summed E-state index contributed by atoms with van der Waals surface area (Å²) < 4.78 is 0. The molecule has 1 atom stereocenters. The van der Waals surface area contributed by atoms with Gasteiger partial charge in [0, 0.05) is 0 Å². The van der Waals surface area contributed by atoms with Crippen molar-refractivity contribution >= 4 is 27.9 Å². The van der Waals surface area contributed by atoms with Gasteiger partial charge in [0.25, 0.3) is 0 Å². The molecule has 0 N–H and O–H groups in total. The molecular weight excluding hydrogens is 152 g/mol.